The lowest BCUT2D eigenvalue weighted by Gasteiger charge is -2.11. The van der Waals surface area contributed by atoms with Crippen molar-refractivity contribution in [1.29, 1.82) is 0 Å². The van der Waals surface area contributed by atoms with E-state index in [0.29, 0.717) is 0 Å². The lowest BCUT2D eigenvalue weighted by molar-refractivity contribution is 0.414. The average Bonchev–Trinajstić information content (AvgIpc) is 2.75. The zero-order chi connectivity index (χ0) is 11.5. The molecule has 1 unspecified atom stereocenters. The minimum atomic E-state index is -0.146. The Hall–Kier alpha value is -1.03. The lowest BCUT2D eigenvalue weighted by Crippen LogP contribution is -2.09. The highest BCUT2D eigenvalue weighted by Crippen LogP contribution is 2.30. The Morgan fingerprint density at radius 3 is 2.75 bits per heavy atom. The lowest BCUT2D eigenvalue weighted by atomic mass is 10.1. The Labute approximate surface area is 104 Å². The van der Waals surface area contributed by atoms with Gasteiger partial charge in [0.15, 0.2) is 0 Å². The first-order valence-corrected chi connectivity index (χ1v) is 6.05. The van der Waals surface area contributed by atoms with E-state index in [9.17, 15) is 0 Å². The van der Waals surface area contributed by atoms with Crippen molar-refractivity contribution in [3.63, 3.8) is 0 Å². The normalized spacial score (nSPS) is 12.4. The third-order valence-electron chi connectivity index (χ3n) is 2.35. The van der Waals surface area contributed by atoms with E-state index in [-0.39, 0.29) is 6.04 Å². The minimum absolute atomic E-state index is 0.146. The molecule has 0 fully saturated rings. The van der Waals surface area contributed by atoms with Gasteiger partial charge in [-0.05, 0) is 29.8 Å². The fourth-order valence-corrected chi connectivity index (χ4v) is 2.59. The summed E-state index contributed by atoms with van der Waals surface area (Å²) in [4.78, 5) is 1.05. The van der Waals surface area contributed by atoms with E-state index in [1.54, 1.807) is 7.11 Å². The maximum absolute atomic E-state index is 6.15. The topological polar surface area (TPSA) is 35.2 Å². The fourth-order valence-electron chi connectivity index (χ4n) is 1.49. The average molecular weight is 254 g/mol. The third kappa shape index (κ3) is 2.38. The van der Waals surface area contributed by atoms with Gasteiger partial charge < -0.3 is 10.5 Å². The van der Waals surface area contributed by atoms with Gasteiger partial charge in [-0.25, -0.2) is 0 Å². The summed E-state index contributed by atoms with van der Waals surface area (Å²) in [5, 5.41) is 0. The molecule has 84 valence electrons. The summed E-state index contributed by atoms with van der Waals surface area (Å²) in [5.41, 5.74) is 7.18. The van der Waals surface area contributed by atoms with E-state index in [1.165, 1.54) is 11.3 Å². The molecular formula is C12H12ClNOS. The van der Waals surface area contributed by atoms with Crippen molar-refractivity contribution in [3.8, 4) is 5.75 Å². The van der Waals surface area contributed by atoms with Gasteiger partial charge in [-0.1, -0.05) is 23.7 Å². The Morgan fingerprint density at radius 1 is 1.31 bits per heavy atom. The molecule has 1 atom stereocenters. The highest BCUT2D eigenvalue weighted by Gasteiger charge is 2.11. The molecule has 16 heavy (non-hydrogen) atoms. The zero-order valence-electron chi connectivity index (χ0n) is 8.81. The Balaban J connectivity index is 2.29. The van der Waals surface area contributed by atoms with Gasteiger partial charge in [0, 0.05) is 4.88 Å². The Kier molecular flexibility index (Phi) is 3.49. The molecule has 2 N–H and O–H groups in total. The van der Waals surface area contributed by atoms with Gasteiger partial charge in [0.2, 0.25) is 0 Å². The Morgan fingerprint density at radius 2 is 2.12 bits per heavy atom. The van der Waals surface area contributed by atoms with E-state index in [1.807, 2.05) is 36.4 Å². The van der Waals surface area contributed by atoms with Gasteiger partial charge in [0.05, 0.1) is 17.5 Å². The van der Waals surface area contributed by atoms with Gasteiger partial charge in [-0.15, -0.1) is 11.3 Å². The molecule has 0 aliphatic rings. The number of ether oxygens (including phenoxy) is 1. The second kappa shape index (κ2) is 4.87. The summed E-state index contributed by atoms with van der Waals surface area (Å²) in [6.07, 6.45) is 0. The molecule has 4 heteroatoms. The molecule has 2 rings (SSSR count). The van der Waals surface area contributed by atoms with E-state index in [2.05, 4.69) is 0 Å². The summed E-state index contributed by atoms with van der Waals surface area (Å²) < 4.78 is 5.93. The van der Waals surface area contributed by atoms with Crippen LogP contribution in [-0.4, -0.2) is 7.11 Å². The van der Waals surface area contributed by atoms with Crippen molar-refractivity contribution in [3.05, 3.63) is 51.2 Å². The quantitative estimate of drug-likeness (QED) is 0.909. The maximum Gasteiger partial charge on any atom is 0.119 e. The summed E-state index contributed by atoms with van der Waals surface area (Å²) in [6, 6.07) is 11.4. The number of benzene rings is 1. The molecule has 0 saturated heterocycles. The first-order valence-electron chi connectivity index (χ1n) is 4.85. The van der Waals surface area contributed by atoms with E-state index in [0.717, 1.165) is 20.5 Å². The number of nitrogens with two attached hydrogens (primary N) is 1. The smallest absolute Gasteiger partial charge is 0.119 e. The molecule has 1 aromatic heterocycles. The minimum Gasteiger partial charge on any atom is -0.497 e. The molecule has 1 aromatic carbocycles. The predicted molar refractivity (Wildman–Crippen MR) is 68.4 cm³/mol. The highest BCUT2D eigenvalue weighted by molar-refractivity contribution is 7.16. The first-order chi connectivity index (χ1) is 7.70. The highest BCUT2D eigenvalue weighted by atomic mass is 35.5. The van der Waals surface area contributed by atoms with Crippen LogP contribution >= 0.6 is 22.9 Å². The molecular weight excluding hydrogens is 242 g/mol. The summed E-state index contributed by atoms with van der Waals surface area (Å²) in [6.45, 7) is 0. The van der Waals surface area contributed by atoms with E-state index in [4.69, 9.17) is 22.1 Å². The van der Waals surface area contributed by atoms with E-state index < -0.39 is 0 Å². The van der Waals surface area contributed by atoms with Crippen molar-refractivity contribution < 1.29 is 4.74 Å². The van der Waals surface area contributed by atoms with Gasteiger partial charge in [-0.3, -0.25) is 0 Å². The third-order valence-corrected chi connectivity index (χ3v) is 3.67. The van der Waals surface area contributed by atoms with Crippen molar-refractivity contribution in [2.75, 3.05) is 7.11 Å². The monoisotopic (exact) mass is 253 g/mol. The van der Waals surface area contributed by atoms with Crippen LogP contribution in [0.15, 0.2) is 36.4 Å². The first kappa shape index (κ1) is 11.5. The molecule has 0 amide bonds. The van der Waals surface area contributed by atoms with E-state index >= 15 is 0 Å². The van der Waals surface area contributed by atoms with Crippen LogP contribution in [-0.2, 0) is 0 Å². The molecule has 2 nitrogen and oxygen atoms in total. The SMILES string of the molecule is COc1cccc(C(N)c2ccc(Cl)s2)c1. The molecule has 0 aliphatic carbocycles. The summed E-state index contributed by atoms with van der Waals surface area (Å²) in [5.74, 6) is 0.815. The van der Waals surface area contributed by atoms with Crippen molar-refractivity contribution >= 4 is 22.9 Å². The maximum atomic E-state index is 6.15. The van der Waals surface area contributed by atoms with Crippen molar-refractivity contribution in [2.24, 2.45) is 5.73 Å². The molecule has 0 bridgehead atoms. The summed E-state index contributed by atoms with van der Waals surface area (Å²) in [7, 11) is 1.65. The van der Waals surface area contributed by atoms with Crippen LogP contribution in [0.2, 0.25) is 4.34 Å². The van der Waals surface area contributed by atoms with Gasteiger partial charge >= 0.3 is 0 Å². The van der Waals surface area contributed by atoms with Crippen LogP contribution in [0.3, 0.4) is 0 Å². The zero-order valence-corrected chi connectivity index (χ0v) is 10.4. The molecule has 1 heterocycles. The van der Waals surface area contributed by atoms with Gasteiger partial charge in [0.25, 0.3) is 0 Å². The van der Waals surface area contributed by atoms with Crippen molar-refractivity contribution in [1.82, 2.24) is 0 Å². The number of hydrogen-bond donors (Lipinski definition) is 1. The van der Waals surface area contributed by atoms with Crippen LogP contribution in [0.25, 0.3) is 0 Å². The number of rotatable bonds is 3. The number of methoxy groups -OCH3 is 1. The molecule has 2 aromatic rings. The number of thiophene rings is 1. The van der Waals surface area contributed by atoms with Gasteiger partial charge in [-0.2, -0.15) is 0 Å². The second-order valence-corrected chi connectivity index (χ2v) is 5.14. The predicted octanol–water partition coefficient (Wildman–Crippen LogP) is 3.46. The fraction of sp³-hybridized carbons (Fsp3) is 0.167. The standard InChI is InChI=1S/C12H12ClNOS/c1-15-9-4-2-3-8(7-9)12(14)10-5-6-11(13)16-10/h2-7,12H,14H2,1H3. The van der Waals surface area contributed by atoms with Crippen LogP contribution in [0.5, 0.6) is 5.75 Å². The summed E-state index contributed by atoms with van der Waals surface area (Å²) >= 11 is 7.39. The van der Waals surface area contributed by atoms with Crippen LogP contribution in [0.1, 0.15) is 16.5 Å². The van der Waals surface area contributed by atoms with Crippen LogP contribution in [0.4, 0.5) is 0 Å². The second-order valence-electron chi connectivity index (χ2n) is 3.40. The van der Waals surface area contributed by atoms with Gasteiger partial charge in [0.1, 0.15) is 5.75 Å². The number of hydrogen-bond acceptors (Lipinski definition) is 3. The van der Waals surface area contributed by atoms with Crippen molar-refractivity contribution in [2.45, 2.75) is 6.04 Å². The Bertz CT molecular complexity index is 483. The molecule has 0 saturated carbocycles. The van der Waals surface area contributed by atoms with Crippen LogP contribution < -0.4 is 10.5 Å². The molecule has 0 spiro atoms. The number of halogens is 1. The molecule has 0 radical (unpaired) electrons. The largest absolute Gasteiger partial charge is 0.497 e. The molecule has 0 aliphatic heterocycles. The van der Waals surface area contributed by atoms with Crippen LogP contribution in [0, 0.1) is 0 Å².